The number of methoxy groups -OCH3 is 1. The maximum atomic E-state index is 13.3. The molecule has 0 aliphatic heterocycles. The Labute approximate surface area is 162 Å². The Hall–Kier alpha value is -2.32. The Balaban J connectivity index is 2.14. The van der Waals surface area contributed by atoms with Crippen LogP contribution < -0.4 is 14.4 Å². The second-order valence-electron chi connectivity index (χ2n) is 5.93. The van der Waals surface area contributed by atoms with Crippen molar-refractivity contribution in [2.45, 2.75) is 13.0 Å². The number of sulfonamides is 1. The van der Waals surface area contributed by atoms with Crippen LogP contribution in [0.5, 0.6) is 5.75 Å². The first-order valence-corrected chi connectivity index (χ1v) is 10.2. The monoisotopic (exact) mass is 414 g/mol. The molecule has 0 radical (unpaired) electrons. The Morgan fingerprint density at radius 2 is 1.89 bits per heavy atom. The summed E-state index contributed by atoms with van der Waals surface area (Å²) in [7, 11) is -2.22. The Kier molecular flexibility index (Phi) is 6.67. The highest BCUT2D eigenvalue weighted by Gasteiger charge is 2.22. The second-order valence-corrected chi connectivity index (χ2v) is 8.24. The second kappa shape index (κ2) is 8.58. The van der Waals surface area contributed by atoms with Crippen LogP contribution in [0.4, 0.5) is 10.1 Å². The highest BCUT2D eigenvalue weighted by molar-refractivity contribution is 7.92. The van der Waals surface area contributed by atoms with Gasteiger partial charge in [0.1, 0.15) is 18.1 Å². The van der Waals surface area contributed by atoms with Crippen molar-refractivity contribution in [3.8, 4) is 5.75 Å². The third-order valence-corrected chi connectivity index (χ3v) is 5.30. The molecule has 9 heteroatoms. The van der Waals surface area contributed by atoms with Gasteiger partial charge in [-0.05, 0) is 42.8 Å². The van der Waals surface area contributed by atoms with Crippen LogP contribution in [0, 0.1) is 5.82 Å². The summed E-state index contributed by atoms with van der Waals surface area (Å²) >= 11 is 5.73. The van der Waals surface area contributed by atoms with Gasteiger partial charge < -0.3 is 10.1 Å². The van der Waals surface area contributed by atoms with Gasteiger partial charge in [0.2, 0.25) is 15.9 Å². The van der Waals surface area contributed by atoms with E-state index in [1.807, 2.05) is 0 Å². The topological polar surface area (TPSA) is 75.7 Å². The zero-order valence-electron chi connectivity index (χ0n) is 15.1. The van der Waals surface area contributed by atoms with Crippen LogP contribution in [0.3, 0.4) is 0 Å². The van der Waals surface area contributed by atoms with Gasteiger partial charge in [-0.1, -0.05) is 23.7 Å². The third-order valence-electron chi connectivity index (χ3n) is 3.87. The number of hydrogen-bond acceptors (Lipinski definition) is 4. The van der Waals surface area contributed by atoms with Crippen LogP contribution in [0.15, 0.2) is 42.5 Å². The van der Waals surface area contributed by atoms with Gasteiger partial charge in [0.15, 0.2) is 0 Å². The molecule has 0 saturated heterocycles. The number of ether oxygens (including phenoxy) is 1. The highest BCUT2D eigenvalue weighted by atomic mass is 35.5. The number of rotatable bonds is 7. The average Bonchev–Trinajstić information content (AvgIpc) is 2.61. The summed E-state index contributed by atoms with van der Waals surface area (Å²) in [6, 6.07) is 10.3. The van der Waals surface area contributed by atoms with Crippen LogP contribution >= 0.6 is 11.6 Å². The maximum absolute atomic E-state index is 13.3. The van der Waals surface area contributed by atoms with Crippen molar-refractivity contribution in [2.75, 3.05) is 24.2 Å². The standard InChI is InChI=1S/C18H20ClFN2O4S/c1-12(13-4-7-15(26-2)8-5-13)21-18(23)11-22(27(3,24)25)14-6-9-17(20)16(19)10-14/h4-10,12H,11H2,1-3H3,(H,21,23)/t12-/m1/s1. The third kappa shape index (κ3) is 5.58. The molecule has 0 heterocycles. The fourth-order valence-corrected chi connectivity index (χ4v) is 3.46. The predicted molar refractivity (Wildman–Crippen MR) is 103 cm³/mol. The van der Waals surface area contributed by atoms with Gasteiger partial charge in [-0.2, -0.15) is 0 Å². The smallest absolute Gasteiger partial charge is 0.241 e. The number of amides is 1. The maximum Gasteiger partial charge on any atom is 0.241 e. The lowest BCUT2D eigenvalue weighted by Gasteiger charge is -2.23. The molecule has 27 heavy (non-hydrogen) atoms. The molecule has 1 amide bonds. The SMILES string of the molecule is COc1ccc([C@@H](C)NC(=O)CN(c2ccc(F)c(Cl)c2)S(C)(=O)=O)cc1. The molecule has 0 aliphatic rings. The van der Waals surface area contributed by atoms with E-state index in [2.05, 4.69) is 5.32 Å². The van der Waals surface area contributed by atoms with Crippen LogP contribution in [0.1, 0.15) is 18.5 Å². The van der Waals surface area contributed by atoms with Crippen molar-refractivity contribution in [3.63, 3.8) is 0 Å². The van der Waals surface area contributed by atoms with Crippen molar-refractivity contribution >= 4 is 33.2 Å². The van der Waals surface area contributed by atoms with Gasteiger partial charge in [0.25, 0.3) is 0 Å². The average molecular weight is 415 g/mol. The van der Waals surface area contributed by atoms with Crippen molar-refractivity contribution in [1.29, 1.82) is 0 Å². The van der Waals surface area contributed by atoms with E-state index in [1.54, 1.807) is 38.3 Å². The molecule has 0 unspecified atom stereocenters. The lowest BCUT2D eigenvalue weighted by molar-refractivity contribution is -0.120. The fraction of sp³-hybridized carbons (Fsp3) is 0.278. The molecule has 0 fully saturated rings. The molecule has 6 nitrogen and oxygen atoms in total. The molecule has 0 aliphatic carbocycles. The number of carbonyl (C=O) groups is 1. The molecule has 1 N–H and O–H groups in total. The van der Waals surface area contributed by atoms with Gasteiger partial charge in [-0.3, -0.25) is 9.10 Å². The fourth-order valence-electron chi connectivity index (χ4n) is 2.43. The molecule has 146 valence electrons. The van der Waals surface area contributed by atoms with Gasteiger partial charge in [0, 0.05) is 0 Å². The van der Waals surface area contributed by atoms with Crippen LogP contribution in [-0.4, -0.2) is 34.2 Å². The molecule has 0 bridgehead atoms. The molecular formula is C18H20ClFN2O4S. The van der Waals surface area contributed by atoms with Crippen LogP contribution in [-0.2, 0) is 14.8 Å². The van der Waals surface area contributed by atoms with Crippen molar-refractivity contribution in [1.82, 2.24) is 5.32 Å². The van der Waals surface area contributed by atoms with Crippen LogP contribution in [0.2, 0.25) is 5.02 Å². The number of anilines is 1. The highest BCUT2D eigenvalue weighted by Crippen LogP contribution is 2.24. The van der Waals surface area contributed by atoms with Crippen molar-refractivity contribution in [3.05, 3.63) is 58.9 Å². The summed E-state index contributed by atoms with van der Waals surface area (Å²) in [4.78, 5) is 12.4. The summed E-state index contributed by atoms with van der Waals surface area (Å²) in [6.07, 6.45) is 0.963. The Morgan fingerprint density at radius 3 is 2.41 bits per heavy atom. The Morgan fingerprint density at radius 1 is 1.26 bits per heavy atom. The number of benzene rings is 2. The first-order valence-electron chi connectivity index (χ1n) is 7.98. The number of nitrogens with one attached hydrogen (secondary N) is 1. The van der Waals surface area contributed by atoms with Crippen LogP contribution in [0.25, 0.3) is 0 Å². The summed E-state index contributed by atoms with van der Waals surface area (Å²) in [5.41, 5.74) is 0.941. The summed E-state index contributed by atoms with van der Waals surface area (Å²) < 4.78 is 43.5. The number of halogens is 2. The Bertz CT molecular complexity index is 919. The summed E-state index contributed by atoms with van der Waals surface area (Å²) in [5, 5.41) is 2.51. The van der Waals surface area contributed by atoms with Gasteiger partial charge >= 0.3 is 0 Å². The van der Waals surface area contributed by atoms with E-state index < -0.39 is 28.3 Å². The molecule has 0 spiro atoms. The number of nitrogens with zero attached hydrogens (tertiary/aromatic N) is 1. The normalized spacial score (nSPS) is 12.3. The molecule has 0 saturated carbocycles. The van der Waals surface area contributed by atoms with E-state index in [9.17, 15) is 17.6 Å². The van der Waals surface area contributed by atoms with Gasteiger partial charge in [0.05, 0.1) is 30.1 Å². The van der Waals surface area contributed by atoms with Crippen molar-refractivity contribution in [2.24, 2.45) is 0 Å². The molecule has 2 rings (SSSR count). The molecular weight excluding hydrogens is 395 g/mol. The molecule has 0 aromatic heterocycles. The quantitative estimate of drug-likeness (QED) is 0.755. The van der Waals surface area contributed by atoms with Gasteiger partial charge in [-0.15, -0.1) is 0 Å². The molecule has 2 aromatic rings. The first kappa shape index (κ1) is 21.0. The van der Waals surface area contributed by atoms with E-state index in [-0.39, 0.29) is 16.8 Å². The minimum Gasteiger partial charge on any atom is -0.497 e. The van der Waals surface area contributed by atoms with E-state index >= 15 is 0 Å². The predicted octanol–water partition coefficient (Wildman–Crippen LogP) is 3.13. The number of hydrogen-bond donors (Lipinski definition) is 1. The minimum absolute atomic E-state index is 0.108. The van der Waals surface area contributed by atoms with Crippen molar-refractivity contribution < 1.29 is 22.3 Å². The van der Waals surface area contributed by atoms with E-state index in [0.29, 0.717) is 5.75 Å². The largest absolute Gasteiger partial charge is 0.497 e. The zero-order chi connectivity index (χ0) is 20.2. The molecule has 2 aromatic carbocycles. The zero-order valence-corrected chi connectivity index (χ0v) is 16.6. The first-order chi connectivity index (χ1) is 12.6. The number of carbonyl (C=O) groups excluding carboxylic acids is 1. The van der Waals surface area contributed by atoms with E-state index in [4.69, 9.17) is 16.3 Å². The lowest BCUT2D eigenvalue weighted by atomic mass is 10.1. The lowest BCUT2D eigenvalue weighted by Crippen LogP contribution is -2.41. The van der Waals surface area contributed by atoms with E-state index in [0.717, 1.165) is 28.3 Å². The summed E-state index contributed by atoms with van der Waals surface area (Å²) in [5.74, 6) is -0.496. The van der Waals surface area contributed by atoms with Gasteiger partial charge in [-0.25, -0.2) is 12.8 Å². The van der Waals surface area contributed by atoms with E-state index in [1.165, 1.54) is 6.07 Å². The minimum atomic E-state index is -3.78. The molecule has 1 atom stereocenters. The summed E-state index contributed by atoms with van der Waals surface area (Å²) in [6.45, 7) is 1.32.